The number of halogens is 2. The van der Waals surface area contributed by atoms with Gasteiger partial charge in [-0.05, 0) is 72.1 Å². The Hall–Kier alpha value is -2.58. The first-order valence-corrected chi connectivity index (χ1v) is 9.90. The summed E-state index contributed by atoms with van der Waals surface area (Å²) in [5.74, 6) is -0.0645. The Morgan fingerprint density at radius 3 is 1.97 bits per heavy atom. The standard InChI is InChI=1S/C16H11Br2N5O7/c17-8-1-6-3-10(20-25)11(4-7(6)2-9(8)18)29-16-15(23-28)14(22-27)13(21-26)12(30-16)5-19-24/h1-4,12-16H,5H2. The van der Waals surface area contributed by atoms with Gasteiger partial charge in [0, 0.05) is 8.95 Å². The van der Waals surface area contributed by atoms with Crippen molar-refractivity contribution in [2.24, 2.45) is 25.9 Å². The highest BCUT2D eigenvalue weighted by atomic mass is 79.9. The topological polar surface area (TPSA) is 166 Å². The lowest BCUT2D eigenvalue weighted by atomic mass is 9.93. The van der Waals surface area contributed by atoms with Crippen molar-refractivity contribution in [3.05, 3.63) is 57.7 Å². The minimum Gasteiger partial charge on any atom is -0.460 e. The maximum absolute atomic E-state index is 11.4. The fourth-order valence-electron chi connectivity index (χ4n) is 3.16. The van der Waals surface area contributed by atoms with Crippen LogP contribution in [-0.2, 0) is 4.74 Å². The van der Waals surface area contributed by atoms with Gasteiger partial charge in [-0.25, -0.2) is 0 Å². The van der Waals surface area contributed by atoms with Gasteiger partial charge in [-0.1, -0.05) is 20.7 Å². The SMILES string of the molecule is O=NCC1OC(Oc2cc3cc(Br)c(Br)cc3cc2N=O)C(N=O)C(N=O)C1N=O. The Kier molecular flexibility index (Phi) is 6.99. The van der Waals surface area contributed by atoms with Gasteiger partial charge in [0.05, 0.1) is 0 Å². The van der Waals surface area contributed by atoms with Crippen LogP contribution < -0.4 is 4.74 Å². The van der Waals surface area contributed by atoms with Crippen molar-refractivity contribution in [3.8, 4) is 5.75 Å². The summed E-state index contributed by atoms with van der Waals surface area (Å²) in [6.45, 7) is -0.536. The highest BCUT2D eigenvalue weighted by Gasteiger charge is 2.51. The van der Waals surface area contributed by atoms with Gasteiger partial charge in [-0.2, -0.15) is 19.6 Å². The second-order valence-electron chi connectivity index (χ2n) is 6.29. The molecule has 1 saturated heterocycles. The van der Waals surface area contributed by atoms with Crippen molar-refractivity contribution < 1.29 is 9.47 Å². The quantitative estimate of drug-likeness (QED) is 0.419. The van der Waals surface area contributed by atoms with Crippen LogP contribution in [0.1, 0.15) is 0 Å². The molecule has 12 nitrogen and oxygen atoms in total. The molecule has 0 bridgehead atoms. The number of benzene rings is 2. The molecule has 1 fully saturated rings. The molecule has 0 aliphatic carbocycles. The zero-order valence-corrected chi connectivity index (χ0v) is 17.9. The Balaban J connectivity index is 2.02. The molecule has 0 N–H and O–H groups in total. The van der Waals surface area contributed by atoms with Crippen LogP contribution >= 0.6 is 31.9 Å². The predicted octanol–water partition coefficient (Wildman–Crippen LogP) is 5.04. The maximum Gasteiger partial charge on any atom is 0.228 e. The molecule has 0 saturated carbocycles. The van der Waals surface area contributed by atoms with Crippen LogP contribution in [0.3, 0.4) is 0 Å². The van der Waals surface area contributed by atoms with Crippen LogP contribution in [-0.4, -0.2) is 37.1 Å². The van der Waals surface area contributed by atoms with Gasteiger partial charge >= 0.3 is 0 Å². The Morgan fingerprint density at radius 1 is 0.833 bits per heavy atom. The lowest BCUT2D eigenvalue weighted by Gasteiger charge is -2.37. The molecule has 0 amide bonds. The smallest absolute Gasteiger partial charge is 0.228 e. The molecular formula is C16H11Br2N5O7. The lowest BCUT2D eigenvalue weighted by Crippen LogP contribution is -2.57. The van der Waals surface area contributed by atoms with E-state index in [4.69, 9.17) is 9.47 Å². The van der Waals surface area contributed by atoms with Gasteiger partial charge in [0.1, 0.15) is 18.7 Å². The van der Waals surface area contributed by atoms with Crippen molar-refractivity contribution >= 4 is 48.3 Å². The van der Waals surface area contributed by atoms with Gasteiger partial charge in [0.2, 0.25) is 6.29 Å². The third-order valence-corrected chi connectivity index (χ3v) is 6.43. The van der Waals surface area contributed by atoms with Gasteiger partial charge < -0.3 is 9.47 Å². The summed E-state index contributed by atoms with van der Waals surface area (Å²) in [5.41, 5.74) is -0.110. The Labute approximate surface area is 184 Å². The number of hydrogen-bond acceptors (Lipinski definition) is 12. The monoisotopic (exact) mass is 543 g/mol. The van der Waals surface area contributed by atoms with E-state index in [9.17, 15) is 24.5 Å². The summed E-state index contributed by atoms with van der Waals surface area (Å²) < 4.78 is 12.6. The third-order valence-electron chi connectivity index (χ3n) is 4.59. The van der Waals surface area contributed by atoms with Crippen molar-refractivity contribution in [2.45, 2.75) is 30.5 Å². The van der Waals surface area contributed by atoms with Crippen LogP contribution in [0.15, 0.2) is 59.1 Å². The van der Waals surface area contributed by atoms with Gasteiger partial charge in [0.15, 0.2) is 23.5 Å². The first-order chi connectivity index (χ1) is 14.5. The molecule has 1 heterocycles. The molecular weight excluding hydrogens is 534 g/mol. The fraction of sp³-hybridized carbons (Fsp3) is 0.375. The second-order valence-corrected chi connectivity index (χ2v) is 7.99. The largest absolute Gasteiger partial charge is 0.460 e. The lowest BCUT2D eigenvalue weighted by molar-refractivity contribution is -0.164. The summed E-state index contributed by atoms with van der Waals surface area (Å²) in [6.07, 6.45) is -2.80. The molecule has 0 aromatic heterocycles. The van der Waals surface area contributed by atoms with Crippen molar-refractivity contribution in [1.82, 2.24) is 0 Å². The minimum absolute atomic E-state index is 0.0645. The van der Waals surface area contributed by atoms with Crippen LogP contribution in [0.5, 0.6) is 5.75 Å². The zero-order chi connectivity index (χ0) is 21.8. The van der Waals surface area contributed by atoms with Crippen LogP contribution in [0.4, 0.5) is 5.69 Å². The van der Waals surface area contributed by atoms with Crippen LogP contribution in [0.25, 0.3) is 10.8 Å². The van der Waals surface area contributed by atoms with E-state index in [-0.39, 0.29) is 11.4 Å². The van der Waals surface area contributed by atoms with Crippen molar-refractivity contribution in [2.75, 3.05) is 6.54 Å². The molecule has 5 atom stereocenters. The number of rotatable bonds is 8. The molecule has 156 valence electrons. The normalized spacial score (nSPS) is 26.0. The molecule has 0 radical (unpaired) electrons. The Morgan fingerprint density at radius 2 is 1.43 bits per heavy atom. The number of hydrogen-bond donors (Lipinski definition) is 0. The molecule has 30 heavy (non-hydrogen) atoms. The van der Waals surface area contributed by atoms with E-state index >= 15 is 0 Å². The van der Waals surface area contributed by atoms with Gasteiger partial charge in [0.25, 0.3) is 0 Å². The maximum atomic E-state index is 11.4. The molecule has 1 aliphatic rings. The Bertz CT molecular complexity index is 1020. The first kappa shape index (κ1) is 22.1. The minimum atomic E-state index is -1.56. The van der Waals surface area contributed by atoms with E-state index in [0.717, 1.165) is 8.95 Å². The number of nitroso groups, excluding NO2 is 5. The summed E-state index contributed by atoms with van der Waals surface area (Å²) in [7, 11) is 0. The van der Waals surface area contributed by atoms with Gasteiger partial charge in [-0.3, -0.25) is 0 Å². The predicted molar refractivity (Wildman–Crippen MR) is 114 cm³/mol. The van der Waals surface area contributed by atoms with Gasteiger partial charge in [-0.15, -0.1) is 4.91 Å². The van der Waals surface area contributed by atoms with E-state index < -0.39 is 37.1 Å². The van der Waals surface area contributed by atoms with Crippen molar-refractivity contribution in [3.63, 3.8) is 0 Å². The third kappa shape index (κ3) is 4.15. The summed E-state index contributed by atoms with van der Waals surface area (Å²) in [6, 6.07) is 1.90. The van der Waals surface area contributed by atoms with Crippen LogP contribution in [0.2, 0.25) is 0 Å². The average Bonchev–Trinajstić information content (AvgIpc) is 2.74. The molecule has 5 unspecified atom stereocenters. The zero-order valence-electron chi connectivity index (χ0n) is 14.8. The summed E-state index contributed by atoms with van der Waals surface area (Å²) in [4.78, 5) is 55.8. The second kappa shape index (κ2) is 9.49. The molecule has 2 aromatic rings. The van der Waals surface area contributed by atoms with Crippen molar-refractivity contribution in [1.29, 1.82) is 0 Å². The number of ether oxygens (including phenoxy) is 2. The molecule has 14 heteroatoms. The summed E-state index contributed by atoms with van der Waals surface area (Å²) >= 11 is 6.74. The van der Waals surface area contributed by atoms with E-state index in [2.05, 4.69) is 57.7 Å². The highest BCUT2D eigenvalue weighted by Crippen LogP contribution is 2.38. The van der Waals surface area contributed by atoms with E-state index in [0.29, 0.717) is 10.8 Å². The highest BCUT2D eigenvalue weighted by molar-refractivity contribution is 9.13. The number of fused-ring (bicyclic) bond motifs is 1. The summed E-state index contributed by atoms with van der Waals surface area (Å²) in [5, 5.41) is 15.2. The van der Waals surface area contributed by atoms with Crippen LogP contribution in [0, 0.1) is 24.5 Å². The number of nitrogens with zero attached hydrogens (tertiary/aromatic N) is 5. The molecule has 0 spiro atoms. The fourth-order valence-corrected chi connectivity index (χ4v) is 3.88. The average molecular weight is 545 g/mol. The molecule has 2 aromatic carbocycles. The van der Waals surface area contributed by atoms with E-state index in [1.54, 1.807) is 12.1 Å². The van der Waals surface area contributed by atoms with E-state index in [1.807, 2.05) is 0 Å². The molecule has 1 aliphatic heterocycles. The first-order valence-electron chi connectivity index (χ1n) is 8.32. The molecule has 3 rings (SSSR count). The van der Waals surface area contributed by atoms with E-state index in [1.165, 1.54) is 12.1 Å².